The van der Waals surface area contributed by atoms with Crippen LogP contribution in [-0.2, 0) is 11.8 Å². The normalized spacial score (nSPS) is 9.70. The number of hydrogen-bond donors (Lipinski definition) is 2. The Labute approximate surface area is 117 Å². The molecule has 0 aliphatic carbocycles. The van der Waals surface area contributed by atoms with E-state index in [1.54, 1.807) is 11.7 Å². The molecule has 0 aliphatic rings. The molecule has 0 aliphatic heterocycles. The number of primary amides is 1. The van der Waals surface area contributed by atoms with Gasteiger partial charge < -0.3 is 15.8 Å². The first-order chi connectivity index (χ1) is 9.61. The molecule has 20 heavy (non-hydrogen) atoms. The van der Waals surface area contributed by atoms with Crippen molar-refractivity contribution in [3.63, 3.8) is 0 Å². The number of nitrogens with one attached hydrogen (secondary N) is 1. The molecule has 6 nitrogen and oxygen atoms in total. The van der Waals surface area contributed by atoms with Crippen LogP contribution in [0.2, 0.25) is 0 Å². The van der Waals surface area contributed by atoms with Crippen LogP contribution in [0.4, 0.5) is 0 Å². The van der Waals surface area contributed by atoms with Gasteiger partial charge >= 0.3 is 0 Å². The van der Waals surface area contributed by atoms with Gasteiger partial charge in [-0.05, 0) is 12.1 Å². The largest absolute Gasteiger partial charge is 0.438 e. The second-order valence-electron chi connectivity index (χ2n) is 3.77. The molecule has 1 heterocycles. The summed E-state index contributed by atoms with van der Waals surface area (Å²) in [5, 5.41) is 6.72. The minimum atomic E-state index is -0.436. The van der Waals surface area contributed by atoms with Crippen LogP contribution in [0.1, 0.15) is 0 Å². The molecule has 0 radical (unpaired) electrons. The van der Waals surface area contributed by atoms with E-state index >= 15 is 0 Å². The summed E-state index contributed by atoms with van der Waals surface area (Å²) in [5.41, 5.74) is 4.71. The molecule has 106 valence electrons. The highest BCUT2D eigenvalue weighted by Gasteiger charge is 1.97. The highest BCUT2D eigenvalue weighted by Crippen LogP contribution is 2.17. The third kappa shape index (κ3) is 6.25. The molecule has 1 aromatic heterocycles. The van der Waals surface area contributed by atoms with Crippen molar-refractivity contribution in [1.82, 2.24) is 15.1 Å². The van der Waals surface area contributed by atoms with Gasteiger partial charge in [-0.3, -0.25) is 9.48 Å². The Balaban J connectivity index is 0.000000246. The topological polar surface area (TPSA) is 82.2 Å². The van der Waals surface area contributed by atoms with Gasteiger partial charge in [-0.25, -0.2) is 0 Å². The maximum Gasteiger partial charge on any atom is 0.242 e. The van der Waals surface area contributed by atoms with Gasteiger partial charge in [-0.1, -0.05) is 18.2 Å². The fraction of sp³-hybridized carbons (Fsp3) is 0.143. The van der Waals surface area contributed by atoms with E-state index in [2.05, 4.69) is 10.4 Å². The molecule has 0 spiro atoms. The van der Waals surface area contributed by atoms with Gasteiger partial charge in [0.15, 0.2) is 0 Å². The second kappa shape index (κ2) is 8.36. The molecule has 0 atom stereocenters. The molecule has 1 amide bonds. The number of ether oxygens (including phenoxy) is 1. The Morgan fingerprint density at radius 1 is 1.35 bits per heavy atom. The highest BCUT2D eigenvalue weighted by molar-refractivity contribution is 5.85. The van der Waals surface area contributed by atoms with Gasteiger partial charge in [-0.2, -0.15) is 0 Å². The molecule has 0 unspecified atom stereocenters. The summed E-state index contributed by atoms with van der Waals surface area (Å²) in [6.07, 6.45) is 4.57. The SMILES string of the molecule is CN/C=C\C(N)=O.Cn1ccc(Oc2ccccc2)n1. The Morgan fingerprint density at radius 3 is 2.50 bits per heavy atom. The quantitative estimate of drug-likeness (QED) is 0.826. The summed E-state index contributed by atoms with van der Waals surface area (Å²) in [7, 11) is 3.55. The van der Waals surface area contributed by atoms with E-state index in [0.717, 1.165) is 5.75 Å². The number of amides is 1. The molecular weight excluding hydrogens is 256 g/mol. The van der Waals surface area contributed by atoms with Gasteiger partial charge in [0.25, 0.3) is 0 Å². The first-order valence-electron chi connectivity index (χ1n) is 5.97. The zero-order valence-electron chi connectivity index (χ0n) is 11.5. The molecular formula is C14H18N4O2. The Hall–Kier alpha value is -2.76. The van der Waals surface area contributed by atoms with Crippen molar-refractivity contribution < 1.29 is 9.53 Å². The Bertz CT molecular complexity index is 549. The first-order valence-corrected chi connectivity index (χ1v) is 5.97. The van der Waals surface area contributed by atoms with Gasteiger partial charge in [0.2, 0.25) is 11.8 Å². The van der Waals surface area contributed by atoms with Crippen molar-refractivity contribution in [2.75, 3.05) is 7.05 Å². The minimum absolute atomic E-state index is 0.436. The standard InChI is InChI=1S/C10H10N2O.C4H8N2O/c1-12-8-7-10(11-12)13-9-5-3-2-4-6-9;1-6-3-2-4(5)7/h2-8H,1H3;2-3,6H,1H3,(H2,5,7)/b;3-2-. The van der Waals surface area contributed by atoms with Crippen molar-refractivity contribution in [1.29, 1.82) is 0 Å². The van der Waals surface area contributed by atoms with E-state index in [1.165, 1.54) is 12.3 Å². The van der Waals surface area contributed by atoms with Crippen molar-refractivity contribution in [2.24, 2.45) is 12.8 Å². The molecule has 0 bridgehead atoms. The molecule has 6 heteroatoms. The molecule has 2 rings (SSSR count). The predicted molar refractivity (Wildman–Crippen MR) is 77.1 cm³/mol. The van der Waals surface area contributed by atoms with E-state index < -0.39 is 5.91 Å². The number of para-hydroxylation sites is 1. The Morgan fingerprint density at radius 2 is 2.05 bits per heavy atom. The van der Waals surface area contributed by atoms with Gasteiger partial charge in [-0.15, -0.1) is 5.10 Å². The number of nitrogens with zero attached hydrogens (tertiary/aromatic N) is 2. The number of aryl methyl sites for hydroxylation is 1. The maximum atomic E-state index is 9.85. The highest BCUT2D eigenvalue weighted by atomic mass is 16.5. The van der Waals surface area contributed by atoms with E-state index in [-0.39, 0.29) is 0 Å². The van der Waals surface area contributed by atoms with Gasteiger partial charge in [0.05, 0.1) is 0 Å². The molecule has 0 fully saturated rings. The molecule has 2 aromatic rings. The van der Waals surface area contributed by atoms with Crippen LogP contribution in [0, 0.1) is 0 Å². The molecule has 0 saturated carbocycles. The summed E-state index contributed by atoms with van der Waals surface area (Å²) in [5.74, 6) is 0.990. The molecule has 3 N–H and O–H groups in total. The lowest BCUT2D eigenvalue weighted by Gasteiger charge is -1.99. The van der Waals surface area contributed by atoms with E-state index in [1.807, 2.05) is 49.6 Å². The lowest BCUT2D eigenvalue weighted by Crippen LogP contribution is -2.07. The minimum Gasteiger partial charge on any atom is -0.438 e. The lowest BCUT2D eigenvalue weighted by molar-refractivity contribution is -0.113. The van der Waals surface area contributed by atoms with Crippen LogP contribution in [0.3, 0.4) is 0 Å². The van der Waals surface area contributed by atoms with Crippen LogP contribution in [-0.4, -0.2) is 22.7 Å². The number of rotatable bonds is 4. The summed E-state index contributed by atoms with van der Waals surface area (Å²) in [6.45, 7) is 0. The van der Waals surface area contributed by atoms with Gasteiger partial charge in [0, 0.05) is 38.6 Å². The number of benzene rings is 1. The number of carbonyl (C=O) groups is 1. The summed E-state index contributed by atoms with van der Waals surface area (Å²) >= 11 is 0. The monoisotopic (exact) mass is 274 g/mol. The maximum absolute atomic E-state index is 9.85. The number of aromatic nitrogens is 2. The van der Waals surface area contributed by atoms with E-state index in [9.17, 15) is 4.79 Å². The van der Waals surface area contributed by atoms with E-state index in [0.29, 0.717) is 5.88 Å². The molecule has 0 saturated heterocycles. The van der Waals surface area contributed by atoms with Crippen molar-refractivity contribution in [3.8, 4) is 11.6 Å². The van der Waals surface area contributed by atoms with Crippen LogP contribution in [0.5, 0.6) is 11.6 Å². The van der Waals surface area contributed by atoms with Crippen molar-refractivity contribution in [2.45, 2.75) is 0 Å². The number of carbonyl (C=O) groups excluding carboxylic acids is 1. The number of hydrogen-bond acceptors (Lipinski definition) is 4. The second-order valence-corrected chi connectivity index (χ2v) is 3.77. The lowest BCUT2D eigenvalue weighted by atomic mass is 10.3. The van der Waals surface area contributed by atoms with Crippen molar-refractivity contribution in [3.05, 3.63) is 54.9 Å². The fourth-order valence-electron chi connectivity index (χ4n) is 1.22. The van der Waals surface area contributed by atoms with Crippen molar-refractivity contribution >= 4 is 5.91 Å². The summed E-state index contributed by atoms with van der Waals surface area (Å²) in [4.78, 5) is 9.85. The average molecular weight is 274 g/mol. The van der Waals surface area contributed by atoms with E-state index in [4.69, 9.17) is 10.5 Å². The van der Waals surface area contributed by atoms with Crippen LogP contribution in [0.15, 0.2) is 54.9 Å². The van der Waals surface area contributed by atoms with Crippen LogP contribution >= 0.6 is 0 Å². The van der Waals surface area contributed by atoms with Gasteiger partial charge in [0.1, 0.15) is 5.75 Å². The van der Waals surface area contributed by atoms with Crippen LogP contribution in [0.25, 0.3) is 0 Å². The third-order valence-corrected chi connectivity index (χ3v) is 2.07. The predicted octanol–water partition coefficient (Wildman–Crippen LogP) is 1.42. The average Bonchev–Trinajstić information content (AvgIpc) is 2.83. The third-order valence-electron chi connectivity index (χ3n) is 2.07. The zero-order chi connectivity index (χ0) is 14.8. The molecule has 1 aromatic carbocycles. The smallest absolute Gasteiger partial charge is 0.242 e. The first kappa shape index (κ1) is 15.3. The zero-order valence-corrected chi connectivity index (χ0v) is 11.5. The van der Waals surface area contributed by atoms with Crippen LogP contribution < -0.4 is 15.8 Å². The Kier molecular flexibility index (Phi) is 6.40. The summed E-state index contributed by atoms with van der Waals surface area (Å²) < 4.78 is 7.17. The summed E-state index contributed by atoms with van der Waals surface area (Å²) in [6, 6.07) is 11.4. The fourth-order valence-corrected chi connectivity index (χ4v) is 1.22. The number of nitrogens with two attached hydrogens (primary N) is 1.